The van der Waals surface area contributed by atoms with Gasteiger partial charge in [0.05, 0.1) is 5.97 Å². The number of rotatable bonds is 11. The normalized spacial score (nSPS) is 12.7. The fourth-order valence-corrected chi connectivity index (χ4v) is 6.39. The Balaban J connectivity index is 0.000000547. The fourth-order valence-electron chi connectivity index (χ4n) is 2.23. The van der Waals surface area contributed by atoms with Crippen LogP contribution in [0, 0.1) is 0 Å². The van der Waals surface area contributed by atoms with Crippen LogP contribution >= 0.6 is 0 Å². The summed E-state index contributed by atoms with van der Waals surface area (Å²) in [7, 11) is 1.61. The van der Waals surface area contributed by atoms with E-state index in [4.69, 9.17) is 0 Å². The molecule has 0 fully saturated rings. The average molecular weight is 454 g/mol. The van der Waals surface area contributed by atoms with Crippen LogP contribution in [0.15, 0.2) is 30.3 Å². The van der Waals surface area contributed by atoms with E-state index in [0.717, 1.165) is 0 Å². The fraction of sp³-hybridized carbons (Fsp3) is 0.650. The molecule has 0 amide bonds. The first kappa shape index (κ1) is 24.4. The van der Waals surface area contributed by atoms with Gasteiger partial charge in [0.15, 0.2) is 0 Å². The molecule has 4 nitrogen and oxygen atoms in total. The van der Waals surface area contributed by atoms with Crippen molar-refractivity contribution in [3.63, 3.8) is 0 Å². The molecule has 0 N–H and O–H groups in total. The maximum absolute atomic E-state index is 12.0. The van der Waals surface area contributed by atoms with E-state index in [1.54, 1.807) is 47.1 Å². The van der Waals surface area contributed by atoms with Crippen molar-refractivity contribution in [1.82, 2.24) is 4.90 Å². The number of hydrogen-bond acceptors (Lipinski definition) is 4. The molecule has 0 aliphatic carbocycles. The Labute approximate surface area is 163 Å². The number of benzene rings is 1. The second kappa shape index (κ2) is 15.6. The van der Waals surface area contributed by atoms with Gasteiger partial charge in [-0.25, -0.2) is 0 Å². The minimum absolute atomic E-state index is 0.149. The van der Waals surface area contributed by atoms with Gasteiger partial charge in [0.2, 0.25) is 0 Å². The molecule has 0 saturated heterocycles. The molecule has 0 radical (unpaired) electrons. The Morgan fingerprint density at radius 3 is 2.08 bits per heavy atom. The molecule has 5 heteroatoms. The monoisotopic (exact) mass is 455 g/mol. The molecule has 0 aliphatic rings. The van der Waals surface area contributed by atoms with Crippen LogP contribution < -0.4 is 10.2 Å². The minimum atomic E-state index is -1.17. The van der Waals surface area contributed by atoms with E-state index in [1.165, 1.54) is 30.6 Å². The van der Waals surface area contributed by atoms with Gasteiger partial charge >= 0.3 is 69.5 Å². The first-order valence-electron chi connectivity index (χ1n) is 9.25. The summed E-state index contributed by atoms with van der Waals surface area (Å²) in [6.45, 7) is 6.07. The van der Waals surface area contributed by atoms with Crippen LogP contribution in [-0.2, 0) is 4.79 Å². The van der Waals surface area contributed by atoms with E-state index in [9.17, 15) is 15.0 Å². The van der Waals surface area contributed by atoms with Gasteiger partial charge in [0.1, 0.15) is 0 Å². The van der Waals surface area contributed by atoms with E-state index in [1.807, 2.05) is 6.07 Å². The molecule has 2 unspecified atom stereocenters. The van der Waals surface area contributed by atoms with Crippen molar-refractivity contribution < 1.29 is 15.0 Å². The molecule has 0 spiro atoms. The number of carboxylic acids is 1. The zero-order valence-electron chi connectivity index (χ0n) is 16.2. The van der Waals surface area contributed by atoms with Gasteiger partial charge in [-0.3, -0.25) is 4.90 Å². The van der Waals surface area contributed by atoms with E-state index in [2.05, 4.69) is 13.8 Å². The van der Waals surface area contributed by atoms with Crippen molar-refractivity contribution in [1.29, 1.82) is 0 Å². The zero-order chi connectivity index (χ0) is 19.1. The summed E-state index contributed by atoms with van der Waals surface area (Å²) < 4.78 is 3.25. The number of nitrogens with zero attached hydrogens (tertiary/aromatic N) is 1. The molecule has 25 heavy (non-hydrogen) atoms. The van der Waals surface area contributed by atoms with Crippen molar-refractivity contribution >= 4 is 27.1 Å². The van der Waals surface area contributed by atoms with Gasteiger partial charge < -0.3 is 15.0 Å². The second-order valence-corrected chi connectivity index (χ2v) is 10.6. The molecule has 2 atom stereocenters. The summed E-state index contributed by atoms with van der Waals surface area (Å²) >= 11 is 0.149. The van der Waals surface area contributed by atoms with Gasteiger partial charge in [0, 0.05) is 6.54 Å². The Bertz CT molecular complexity index is 436. The third-order valence-electron chi connectivity index (χ3n) is 4.05. The number of carbonyl (C=O) groups excluding carboxylic acids is 1. The summed E-state index contributed by atoms with van der Waals surface area (Å²) in [5.74, 6) is -1.17. The van der Waals surface area contributed by atoms with Gasteiger partial charge in [-0.1, -0.05) is 48.9 Å². The molecule has 140 valence electrons. The number of aliphatic carboxylic acids is 1. The number of carbonyl (C=O) groups is 1. The van der Waals surface area contributed by atoms with E-state index < -0.39 is 12.1 Å². The molecule has 0 saturated carbocycles. The summed E-state index contributed by atoms with van der Waals surface area (Å²) in [6, 6.07) is 8.55. The molecule has 1 aromatic carbocycles. The molecule has 1 rings (SSSR count). The predicted molar refractivity (Wildman–Crippen MR) is 101 cm³/mol. The summed E-state index contributed by atoms with van der Waals surface area (Å²) in [5, 5.41) is 22.4. The maximum atomic E-state index is 12.0. The topological polar surface area (TPSA) is 66.4 Å². The number of likely N-dealkylation sites (N-methyl/N-ethyl adjacent to an activating group) is 1. The Morgan fingerprint density at radius 2 is 1.64 bits per heavy atom. The molecule has 0 aliphatic heterocycles. The van der Waals surface area contributed by atoms with Gasteiger partial charge in [-0.15, -0.1) is 0 Å². The van der Waals surface area contributed by atoms with E-state index in [-0.39, 0.29) is 33.7 Å². The van der Waals surface area contributed by atoms with Crippen LogP contribution in [0.1, 0.15) is 58.1 Å². The number of unbranched alkanes of at least 4 members (excludes halogenated alkanes) is 2. The van der Waals surface area contributed by atoms with Crippen LogP contribution in [0.3, 0.4) is 0 Å². The number of carboxylic acid groups (broad SMARTS) is 1. The van der Waals surface area contributed by atoms with E-state index >= 15 is 0 Å². The van der Waals surface area contributed by atoms with Crippen LogP contribution in [0.2, 0.25) is 8.87 Å². The molecular weight excluding hydrogens is 421 g/mol. The van der Waals surface area contributed by atoms with Crippen molar-refractivity contribution in [3.8, 4) is 0 Å². The first-order chi connectivity index (χ1) is 11.9. The molecule has 0 bridgehead atoms. The third kappa shape index (κ3) is 12.4. The van der Waals surface area contributed by atoms with Crippen molar-refractivity contribution in [2.75, 3.05) is 13.6 Å². The molecule has 0 heterocycles. The van der Waals surface area contributed by atoms with Crippen molar-refractivity contribution in [3.05, 3.63) is 35.9 Å². The molecule has 0 aromatic heterocycles. The van der Waals surface area contributed by atoms with Crippen LogP contribution in [0.25, 0.3) is 0 Å². The Hall–Kier alpha value is -0.591. The van der Waals surface area contributed by atoms with Crippen LogP contribution in [0.5, 0.6) is 0 Å². The summed E-state index contributed by atoms with van der Waals surface area (Å²) in [5.41, 5.74) is 0.667. The Kier molecular flexibility index (Phi) is 15.3. The van der Waals surface area contributed by atoms with Gasteiger partial charge in [0.25, 0.3) is 0 Å². The zero-order valence-corrected chi connectivity index (χ0v) is 19.0. The summed E-state index contributed by atoms with van der Waals surface area (Å²) in [4.78, 5) is 11.9. The Morgan fingerprint density at radius 1 is 1.12 bits per heavy atom. The van der Waals surface area contributed by atoms with E-state index in [0.29, 0.717) is 5.56 Å². The van der Waals surface area contributed by atoms with Gasteiger partial charge in [-0.05, 0) is 13.1 Å². The second-order valence-electron chi connectivity index (χ2n) is 6.32. The third-order valence-corrected chi connectivity index (χ3v) is 8.09. The average Bonchev–Trinajstić information content (AvgIpc) is 2.61. The van der Waals surface area contributed by atoms with Crippen LogP contribution in [-0.4, -0.2) is 51.6 Å². The van der Waals surface area contributed by atoms with Crippen LogP contribution in [0.4, 0.5) is 0 Å². The van der Waals surface area contributed by atoms with Gasteiger partial charge in [-0.2, -0.15) is 0 Å². The quantitative estimate of drug-likeness (QED) is 0.380. The summed E-state index contributed by atoms with van der Waals surface area (Å²) in [6.07, 6.45) is 4.89. The predicted octanol–water partition coefficient (Wildman–Crippen LogP) is 2.29. The molecular formula is C20H33NO3Sn. The van der Waals surface area contributed by atoms with Crippen molar-refractivity contribution in [2.45, 2.75) is 67.5 Å². The molecule has 1 aromatic rings. The SMILES string of the molecule is CC(C([O-])c1ccccc1)N(C)CC(=O)[O-].CCC[CH2][Sn+2][CH2]CCC. The van der Waals surface area contributed by atoms with Crippen molar-refractivity contribution in [2.24, 2.45) is 0 Å². The standard InChI is InChI=1S/C12H16NO3.2C4H9.Sn/c1-9(13(2)8-11(14)15)12(16)10-6-4-3-5-7-10;2*1-3-4-2;/h3-7,9,12H,8H2,1-2H3,(H,14,15);2*1,3-4H2,2H3;/q-1;;;+2/p-1. The number of hydrogen-bond donors (Lipinski definition) is 0. The first-order valence-corrected chi connectivity index (χ1v) is 13.3.